The molecule has 4 heteroatoms. The van der Waals surface area contributed by atoms with Crippen LogP contribution in [0.4, 0.5) is 0 Å². The van der Waals surface area contributed by atoms with Gasteiger partial charge in [0.15, 0.2) is 0 Å². The first-order chi connectivity index (χ1) is 9.47. The zero-order valence-electron chi connectivity index (χ0n) is 12.5. The van der Waals surface area contributed by atoms with E-state index in [9.17, 15) is 9.90 Å². The van der Waals surface area contributed by atoms with Gasteiger partial charge in [-0.2, -0.15) is 11.8 Å². The van der Waals surface area contributed by atoms with Gasteiger partial charge >= 0.3 is 0 Å². The topological polar surface area (TPSA) is 49.3 Å². The standard InChI is InChI=1S/C16H23NO2S/c1-11-5-6-14(12(2)9-11)7-8-16(19)17-13(3)15(10-18)20-4/h5-9,13,15,18H,10H2,1-4H3,(H,17,19)/b8-7+. The lowest BCUT2D eigenvalue weighted by Crippen LogP contribution is -2.40. The van der Waals surface area contributed by atoms with Crippen molar-refractivity contribution in [2.24, 2.45) is 0 Å². The van der Waals surface area contributed by atoms with E-state index >= 15 is 0 Å². The normalized spacial score (nSPS) is 14.2. The number of aryl methyl sites for hydroxylation is 2. The highest BCUT2D eigenvalue weighted by atomic mass is 32.2. The molecule has 2 atom stereocenters. The summed E-state index contributed by atoms with van der Waals surface area (Å²) in [6, 6.07) is 6.07. The molecule has 1 aromatic carbocycles. The first-order valence-corrected chi connectivity index (χ1v) is 7.96. The number of amides is 1. The van der Waals surface area contributed by atoms with Crippen LogP contribution < -0.4 is 5.32 Å². The maximum Gasteiger partial charge on any atom is 0.244 e. The summed E-state index contributed by atoms with van der Waals surface area (Å²) in [5.74, 6) is -0.134. The summed E-state index contributed by atoms with van der Waals surface area (Å²) >= 11 is 1.55. The van der Waals surface area contributed by atoms with E-state index in [2.05, 4.69) is 11.4 Å². The van der Waals surface area contributed by atoms with Crippen molar-refractivity contribution in [1.29, 1.82) is 0 Å². The molecule has 0 saturated heterocycles. The first-order valence-electron chi connectivity index (χ1n) is 6.67. The predicted octanol–water partition coefficient (Wildman–Crippen LogP) is 2.55. The van der Waals surface area contributed by atoms with Crippen LogP contribution in [0.2, 0.25) is 0 Å². The highest BCUT2D eigenvalue weighted by Crippen LogP contribution is 2.13. The second kappa shape index (κ2) is 8.12. The van der Waals surface area contributed by atoms with Gasteiger partial charge < -0.3 is 10.4 Å². The smallest absolute Gasteiger partial charge is 0.244 e. The third-order valence-electron chi connectivity index (χ3n) is 3.25. The second-order valence-electron chi connectivity index (χ2n) is 4.95. The Bertz CT molecular complexity index is 481. The fourth-order valence-corrected chi connectivity index (χ4v) is 2.61. The molecule has 0 bridgehead atoms. The van der Waals surface area contributed by atoms with Crippen LogP contribution in [-0.4, -0.2) is 35.2 Å². The molecular weight excluding hydrogens is 270 g/mol. The van der Waals surface area contributed by atoms with E-state index in [4.69, 9.17) is 0 Å². The molecule has 2 N–H and O–H groups in total. The number of aliphatic hydroxyl groups excluding tert-OH is 1. The Labute approximate surface area is 125 Å². The molecule has 0 heterocycles. The fraction of sp³-hybridized carbons (Fsp3) is 0.438. The van der Waals surface area contributed by atoms with Gasteiger partial charge in [0.1, 0.15) is 0 Å². The number of hydrogen-bond acceptors (Lipinski definition) is 3. The Morgan fingerprint density at radius 2 is 2.15 bits per heavy atom. The van der Waals surface area contributed by atoms with Crippen LogP contribution in [0.1, 0.15) is 23.6 Å². The minimum absolute atomic E-state index is 0.0217. The summed E-state index contributed by atoms with van der Waals surface area (Å²) in [4.78, 5) is 11.9. The first kappa shape index (κ1) is 16.8. The van der Waals surface area contributed by atoms with Gasteiger partial charge in [-0.15, -0.1) is 0 Å². The Hall–Kier alpha value is -1.26. The van der Waals surface area contributed by atoms with Crippen molar-refractivity contribution in [3.05, 3.63) is 41.0 Å². The Kier molecular flexibility index (Phi) is 6.82. The molecule has 0 aromatic heterocycles. The lowest BCUT2D eigenvalue weighted by atomic mass is 10.1. The maximum absolute atomic E-state index is 11.9. The SMILES string of the molecule is CSC(CO)C(C)NC(=O)/C=C/c1ccc(C)cc1C. The number of carbonyl (C=O) groups is 1. The lowest BCUT2D eigenvalue weighted by Gasteiger charge is -2.20. The van der Waals surface area contributed by atoms with E-state index in [0.29, 0.717) is 0 Å². The zero-order valence-corrected chi connectivity index (χ0v) is 13.3. The molecule has 1 amide bonds. The van der Waals surface area contributed by atoms with E-state index in [0.717, 1.165) is 11.1 Å². The number of nitrogens with one attached hydrogen (secondary N) is 1. The third-order valence-corrected chi connectivity index (χ3v) is 4.41. The third kappa shape index (κ3) is 5.02. The van der Waals surface area contributed by atoms with Crippen LogP contribution in [-0.2, 0) is 4.79 Å². The Morgan fingerprint density at radius 1 is 1.45 bits per heavy atom. The summed E-state index contributed by atoms with van der Waals surface area (Å²) in [5, 5.41) is 12.1. The van der Waals surface area contributed by atoms with Gasteiger partial charge in [-0.25, -0.2) is 0 Å². The van der Waals surface area contributed by atoms with Crippen molar-refractivity contribution >= 4 is 23.7 Å². The van der Waals surface area contributed by atoms with Crippen LogP contribution >= 0.6 is 11.8 Å². The van der Waals surface area contributed by atoms with Crippen molar-refractivity contribution in [1.82, 2.24) is 5.32 Å². The maximum atomic E-state index is 11.9. The summed E-state index contributed by atoms with van der Waals surface area (Å²) < 4.78 is 0. The number of rotatable bonds is 6. The largest absolute Gasteiger partial charge is 0.395 e. The van der Waals surface area contributed by atoms with Crippen LogP contribution in [0, 0.1) is 13.8 Å². The molecule has 1 aromatic rings. The molecular formula is C16H23NO2S. The minimum Gasteiger partial charge on any atom is -0.395 e. The number of thioether (sulfide) groups is 1. The van der Waals surface area contributed by atoms with Crippen molar-refractivity contribution in [3.63, 3.8) is 0 Å². The van der Waals surface area contributed by atoms with E-state index in [1.54, 1.807) is 17.8 Å². The molecule has 3 nitrogen and oxygen atoms in total. The second-order valence-corrected chi connectivity index (χ2v) is 6.02. The zero-order chi connectivity index (χ0) is 15.1. The van der Waals surface area contributed by atoms with Crippen LogP contribution in [0.3, 0.4) is 0 Å². The van der Waals surface area contributed by atoms with Crippen LogP contribution in [0.25, 0.3) is 6.08 Å². The van der Waals surface area contributed by atoms with Gasteiger partial charge in [0.25, 0.3) is 0 Å². The van der Waals surface area contributed by atoms with Crippen LogP contribution in [0.15, 0.2) is 24.3 Å². The minimum atomic E-state index is -0.134. The summed E-state index contributed by atoms with van der Waals surface area (Å²) in [6.45, 7) is 6.04. The number of hydrogen-bond donors (Lipinski definition) is 2. The Balaban J connectivity index is 2.63. The van der Waals surface area contributed by atoms with Gasteiger partial charge in [-0.05, 0) is 44.2 Å². The van der Waals surface area contributed by atoms with Gasteiger partial charge in [0, 0.05) is 17.4 Å². The molecule has 110 valence electrons. The van der Waals surface area contributed by atoms with Crippen LogP contribution in [0.5, 0.6) is 0 Å². The van der Waals surface area contributed by atoms with Crippen molar-refractivity contribution in [3.8, 4) is 0 Å². The number of aliphatic hydroxyl groups is 1. The molecule has 1 rings (SSSR count). The molecule has 0 radical (unpaired) electrons. The lowest BCUT2D eigenvalue weighted by molar-refractivity contribution is -0.117. The number of benzene rings is 1. The Morgan fingerprint density at radius 3 is 2.70 bits per heavy atom. The van der Waals surface area contributed by atoms with Gasteiger partial charge in [-0.3, -0.25) is 4.79 Å². The van der Waals surface area contributed by atoms with E-state index in [-0.39, 0.29) is 23.8 Å². The molecule has 0 saturated carbocycles. The molecule has 20 heavy (non-hydrogen) atoms. The van der Waals surface area contributed by atoms with E-state index in [1.165, 1.54) is 5.56 Å². The monoisotopic (exact) mass is 293 g/mol. The quantitative estimate of drug-likeness (QED) is 0.793. The molecule has 2 unspecified atom stereocenters. The highest BCUT2D eigenvalue weighted by Gasteiger charge is 2.15. The van der Waals surface area contributed by atoms with E-state index in [1.807, 2.05) is 45.2 Å². The summed E-state index contributed by atoms with van der Waals surface area (Å²) in [7, 11) is 0. The van der Waals surface area contributed by atoms with Crippen molar-refractivity contribution in [2.75, 3.05) is 12.9 Å². The van der Waals surface area contributed by atoms with E-state index < -0.39 is 0 Å². The fourth-order valence-electron chi connectivity index (χ4n) is 1.98. The van der Waals surface area contributed by atoms with Crippen molar-refractivity contribution < 1.29 is 9.90 Å². The molecule has 0 aliphatic rings. The molecule has 0 aliphatic heterocycles. The molecule has 0 aliphatic carbocycles. The van der Waals surface area contributed by atoms with Gasteiger partial charge in [0.05, 0.1) is 6.61 Å². The van der Waals surface area contributed by atoms with Crippen molar-refractivity contribution in [2.45, 2.75) is 32.1 Å². The molecule has 0 fully saturated rings. The predicted molar refractivity (Wildman–Crippen MR) is 86.9 cm³/mol. The van der Waals surface area contributed by atoms with Gasteiger partial charge in [0.2, 0.25) is 5.91 Å². The summed E-state index contributed by atoms with van der Waals surface area (Å²) in [6.07, 6.45) is 5.29. The molecule has 0 spiro atoms. The number of carbonyl (C=O) groups excluding carboxylic acids is 1. The summed E-state index contributed by atoms with van der Waals surface area (Å²) in [5.41, 5.74) is 3.41. The average molecular weight is 293 g/mol. The highest BCUT2D eigenvalue weighted by molar-refractivity contribution is 7.99. The van der Waals surface area contributed by atoms with Gasteiger partial charge in [-0.1, -0.05) is 23.8 Å². The average Bonchev–Trinajstić information content (AvgIpc) is 2.39.